The molecule has 1 aromatic heterocycles. The van der Waals surface area contributed by atoms with Crippen LogP contribution in [0.2, 0.25) is 0 Å². The van der Waals surface area contributed by atoms with Crippen molar-refractivity contribution in [2.24, 2.45) is 11.8 Å². The summed E-state index contributed by atoms with van der Waals surface area (Å²) in [6.07, 6.45) is 1.10. The number of β-amino-alcohol motifs (C(OH)–C–C–N with tert-alkyl or cyclic N) is 1. The smallest absolute Gasteiger partial charge is 0.254 e. The second kappa shape index (κ2) is 6.19. The molecular weight excluding hydrogens is 256 g/mol. The number of nitrogens with one attached hydrogen (secondary N) is 1. The molecule has 1 saturated heterocycles. The third-order valence-electron chi connectivity index (χ3n) is 3.84. The fraction of sp³-hybridized carbons (Fsp3) is 0.571. The molecule has 20 heavy (non-hydrogen) atoms. The zero-order valence-corrected chi connectivity index (χ0v) is 12.0. The number of aryl methyl sites for hydroxylation is 1. The van der Waals surface area contributed by atoms with Crippen LogP contribution in [-0.4, -0.2) is 40.1 Å². The van der Waals surface area contributed by atoms with Crippen molar-refractivity contribution in [3.05, 3.63) is 23.4 Å². The number of aliphatic hydroxyl groups excluding tert-OH is 1. The number of piperidine rings is 1. The van der Waals surface area contributed by atoms with Crippen LogP contribution in [-0.2, 0) is 6.42 Å². The lowest BCUT2D eigenvalue weighted by molar-refractivity contribution is 0.0248. The number of rotatable bonds is 3. The number of pyridine rings is 1. The van der Waals surface area contributed by atoms with E-state index in [1.807, 2.05) is 13.8 Å². The van der Waals surface area contributed by atoms with Crippen LogP contribution < -0.4 is 11.3 Å². The van der Waals surface area contributed by atoms with Crippen molar-refractivity contribution >= 4 is 11.7 Å². The first-order valence-corrected chi connectivity index (χ1v) is 7.00. The van der Waals surface area contributed by atoms with Crippen molar-refractivity contribution in [1.82, 2.24) is 9.88 Å². The van der Waals surface area contributed by atoms with Crippen molar-refractivity contribution in [2.45, 2.75) is 32.8 Å². The molecule has 6 nitrogen and oxygen atoms in total. The van der Waals surface area contributed by atoms with E-state index in [1.165, 1.54) is 0 Å². The quantitative estimate of drug-likeness (QED) is 0.561. The Balaban J connectivity index is 2.20. The van der Waals surface area contributed by atoms with Crippen LogP contribution in [0.3, 0.4) is 0 Å². The zero-order valence-electron chi connectivity index (χ0n) is 12.0. The molecule has 2 heterocycles. The molecule has 1 amide bonds. The number of amides is 1. The summed E-state index contributed by atoms with van der Waals surface area (Å²) in [7, 11) is 0. The summed E-state index contributed by atoms with van der Waals surface area (Å²) < 4.78 is 0. The van der Waals surface area contributed by atoms with E-state index in [-0.39, 0.29) is 11.8 Å². The van der Waals surface area contributed by atoms with E-state index in [4.69, 9.17) is 5.84 Å². The van der Waals surface area contributed by atoms with E-state index in [2.05, 4.69) is 10.4 Å². The number of anilines is 1. The number of aliphatic hydroxyl groups is 1. The van der Waals surface area contributed by atoms with Crippen LogP contribution in [0.15, 0.2) is 12.1 Å². The molecule has 4 N–H and O–H groups in total. The van der Waals surface area contributed by atoms with Gasteiger partial charge in [0, 0.05) is 24.3 Å². The van der Waals surface area contributed by atoms with Gasteiger partial charge in [0.25, 0.3) is 5.91 Å². The highest BCUT2D eigenvalue weighted by Gasteiger charge is 2.28. The summed E-state index contributed by atoms with van der Waals surface area (Å²) in [5.74, 6) is 6.03. The van der Waals surface area contributed by atoms with Gasteiger partial charge < -0.3 is 15.4 Å². The largest absolute Gasteiger partial charge is 0.391 e. The minimum atomic E-state index is -0.452. The molecule has 1 aliphatic heterocycles. The summed E-state index contributed by atoms with van der Waals surface area (Å²) in [6.45, 7) is 5.04. The van der Waals surface area contributed by atoms with Gasteiger partial charge in [-0.25, -0.2) is 10.8 Å². The number of nitrogens with two attached hydrogens (primary N) is 1. The lowest BCUT2D eigenvalue weighted by Crippen LogP contribution is -2.45. The van der Waals surface area contributed by atoms with E-state index >= 15 is 0 Å². The molecule has 0 saturated carbocycles. The first kappa shape index (κ1) is 14.7. The second-order valence-electron chi connectivity index (χ2n) is 5.31. The Hall–Kier alpha value is -1.66. The standard InChI is InChI=1S/C14H22N4O2/c1-3-11-6-10(7-13(16-11)17-15)14(20)18-5-4-9(2)12(19)8-18/h6-7,9,12,19H,3-5,8,15H2,1-2H3,(H,16,17). The number of hydrogen-bond acceptors (Lipinski definition) is 5. The van der Waals surface area contributed by atoms with Gasteiger partial charge in [0.05, 0.1) is 6.10 Å². The van der Waals surface area contributed by atoms with Crippen molar-refractivity contribution in [3.8, 4) is 0 Å². The number of likely N-dealkylation sites (tertiary alicyclic amines) is 1. The van der Waals surface area contributed by atoms with Crippen LogP contribution in [0.25, 0.3) is 0 Å². The van der Waals surface area contributed by atoms with Gasteiger partial charge in [-0.15, -0.1) is 0 Å². The van der Waals surface area contributed by atoms with Gasteiger partial charge in [0.2, 0.25) is 0 Å². The normalized spacial score (nSPS) is 22.7. The Morgan fingerprint density at radius 1 is 1.60 bits per heavy atom. The van der Waals surface area contributed by atoms with Crippen molar-refractivity contribution < 1.29 is 9.90 Å². The van der Waals surface area contributed by atoms with Gasteiger partial charge in [-0.2, -0.15) is 0 Å². The van der Waals surface area contributed by atoms with Crippen LogP contribution in [0.1, 0.15) is 36.3 Å². The number of nitrogen functional groups attached to an aromatic ring is 1. The first-order valence-electron chi connectivity index (χ1n) is 7.00. The maximum Gasteiger partial charge on any atom is 0.254 e. The Morgan fingerprint density at radius 3 is 2.95 bits per heavy atom. The third-order valence-corrected chi connectivity index (χ3v) is 3.84. The minimum Gasteiger partial charge on any atom is -0.391 e. The summed E-state index contributed by atoms with van der Waals surface area (Å²) in [5.41, 5.74) is 3.86. The van der Waals surface area contributed by atoms with Gasteiger partial charge >= 0.3 is 0 Å². The number of carbonyl (C=O) groups is 1. The highest BCUT2D eigenvalue weighted by molar-refractivity contribution is 5.95. The van der Waals surface area contributed by atoms with Crippen LogP contribution in [0.5, 0.6) is 0 Å². The summed E-state index contributed by atoms with van der Waals surface area (Å²) >= 11 is 0. The van der Waals surface area contributed by atoms with Crippen molar-refractivity contribution in [1.29, 1.82) is 0 Å². The second-order valence-corrected chi connectivity index (χ2v) is 5.31. The highest BCUT2D eigenvalue weighted by Crippen LogP contribution is 2.20. The number of hydrazine groups is 1. The summed E-state index contributed by atoms with van der Waals surface area (Å²) in [4.78, 5) is 18.5. The molecule has 1 fully saturated rings. The van der Waals surface area contributed by atoms with Crippen LogP contribution in [0, 0.1) is 5.92 Å². The summed E-state index contributed by atoms with van der Waals surface area (Å²) in [6, 6.07) is 3.43. The predicted molar refractivity (Wildman–Crippen MR) is 77.1 cm³/mol. The zero-order chi connectivity index (χ0) is 14.7. The first-order chi connectivity index (χ1) is 9.55. The molecule has 2 atom stereocenters. The van der Waals surface area contributed by atoms with Crippen LogP contribution in [0.4, 0.5) is 5.82 Å². The monoisotopic (exact) mass is 278 g/mol. The fourth-order valence-corrected chi connectivity index (χ4v) is 2.38. The van der Waals surface area contributed by atoms with Gasteiger partial charge in [-0.1, -0.05) is 13.8 Å². The average Bonchev–Trinajstić information content (AvgIpc) is 2.48. The third kappa shape index (κ3) is 3.08. The molecule has 0 spiro atoms. The lowest BCUT2D eigenvalue weighted by Gasteiger charge is -2.34. The molecule has 6 heteroatoms. The molecule has 0 bridgehead atoms. The topological polar surface area (TPSA) is 91.5 Å². The van der Waals surface area contributed by atoms with Gasteiger partial charge in [-0.05, 0) is 30.9 Å². The molecule has 0 aromatic carbocycles. The average molecular weight is 278 g/mol. The van der Waals surface area contributed by atoms with Crippen molar-refractivity contribution in [3.63, 3.8) is 0 Å². The number of nitrogens with zero attached hydrogens (tertiary/aromatic N) is 2. The SMILES string of the molecule is CCc1cc(C(=O)N2CCC(C)C(O)C2)cc(NN)n1. The maximum absolute atomic E-state index is 12.5. The van der Waals surface area contributed by atoms with Crippen molar-refractivity contribution in [2.75, 3.05) is 18.5 Å². The van der Waals surface area contributed by atoms with E-state index < -0.39 is 6.10 Å². The number of carbonyl (C=O) groups excluding carboxylic acids is 1. The molecule has 2 rings (SSSR count). The maximum atomic E-state index is 12.5. The highest BCUT2D eigenvalue weighted by atomic mass is 16.3. The predicted octanol–water partition coefficient (Wildman–Crippen LogP) is 0.772. The molecule has 1 aliphatic rings. The van der Waals surface area contributed by atoms with E-state index in [0.29, 0.717) is 24.5 Å². The Kier molecular flexibility index (Phi) is 4.57. The van der Waals surface area contributed by atoms with E-state index in [9.17, 15) is 9.90 Å². The van der Waals surface area contributed by atoms with E-state index in [1.54, 1.807) is 17.0 Å². The van der Waals surface area contributed by atoms with E-state index in [0.717, 1.165) is 18.5 Å². The molecule has 0 aliphatic carbocycles. The Labute approximate surface area is 119 Å². The van der Waals surface area contributed by atoms with Gasteiger partial charge in [0.15, 0.2) is 0 Å². The molecule has 2 unspecified atom stereocenters. The summed E-state index contributed by atoms with van der Waals surface area (Å²) in [5, 5.41) is 9.91. The number of aromatic nitrogens is 1. The Morgan fingerprint density at radius 2 is 2.35 bits per heavy atom. The minimum absolute atomic E-state index is 0.0791. The molecule has 0 radical (unpaired) electrons. The molecule has 1 aromatic rings. The van der Waals surface area contributed by atoms with Gasteiger partial charge in [0.1, 0.15) is 5.82 Å². The van der Waals surface area contributed by atoms with Gasteiger partial charge in [-0.3, -0.25) is 4.79 Å². The number of hydrogen-bond donors (Lipinski definition) is 3. The Bertz CT molecular complexity index is 470. The van der Waals surface area contributed by atoms with Crippen LogP contribution >= 0.6 is 0 Å². The molecule has 110 valence electrons. The lowest BCUT2D eigenvalue weighted by atomic mass is 9.95. The fourth-order valence-electron chi connectivity index (χ4n) is 2.38. The molecular formula is C14H22N4O2.